The second kappa shape index (κ2) is 3.78. The summed E-state index contributed by atoms with van der Waals surface area (Å²) < 4.78 is 14.2. The highest BCUT2D eigenvalue weighted by atomic mass is 16.6. The van der Waals surface area contributed by atoms with Gasteiger partial charge in [-0.05, 0) is 0 Å². The molecule has 2 heterocycles. The molecular weight excluding hydrogens is 202 g/mol. The first-order valence-electron chi connectivity index (χ1n) is 4.94. The molecule has 2 rings (SSSR count). The maximum absolute atomic E-state index is 9.74. The average Bonchev–Trinajstić information content (AvgIpc) is 2.77. The summed E-state index contributed by atoms with van der Waals surface area (Å²) in [6, 6.07) is 0. The minimum Gasteiger partial charge on any atom is -0.394 e. The molecule has 0 unspecified atom stereocenters. The molecule has 1 aromatic heterocycles. The van der Waals surface area contributed by atoms with E-state index in [2.05, 4.69) is 4.98 Å². The van der Waals surface area contributed by atoms with Gasteiger partial charge in [-0.3, -0.25) is 4.57 Å². The molecule has 0 aromatic carbocycles. The molecule has 4 atom stereocenters. The molecule has 0 spiro atoms. The van der Waals surface area contributed by atoms with Gasteiger partial charge in [0.1, 0.15) is 24.1 Å². The summed E-state index contributed by atoms with van der Waals surface area (Å²) in [7, 11) is 0. The Bertz CT molecular complexity index is 387. The Morgan fingerprint density at radius 1 is 1.60 bits per heavy atom. The molecule has 0 aliphatic carbocycles. The van der Waals surface area contributed by atoms with Crippen LogP contribution in [0.5, 0.6) is 0 Å². The molecule has 5 N–H and O–H groups in total. The Morgan fingerprint density at radius 2 is 2.33 bits per heavy atom. The van der Waals surface area contributed by atoms with Crippen LogP contribution >= 0.6 is 0 Å². The Labute approximate surface area is 87.1 Å². The molecule has 7 nitrogen and oxygen atoms in total. The zero-order chi connectivity index (χ0) is 11.9. The number of nitrogens with zero attached hydrogens (tertiary/aromatic N) is 2. The summed E-state index contributed by atoms with van der Waals surface area (Å²) in [5, 5.41) is 28.2. The lowest BCUT2D eigenvalue weighted by molar-refractivity contribution is -0.0517. The van der Waals surface area contributed by atoms with Gasteiger partial charge >= 0.3 is 0 Å². The molecule has 1 fully saturated rings. The van der Waals surface area contributed by atoms with Crippen LogP contribution < -0.4 is 5.73 Å². The quantitative estimate of drug-likeness (QED) is 0.458. The third-order valence-corrected chi connectivity index (χ3v) is 2.31. The standard InChI is InChI=1S/C8H13N3O4/c9-5-1-10-3-11(5)8-7(14)6(13)4(2-12)15-8/h1,3-4,6-8,12-14H,2,9H2/t4-,6-,7-,8-/m1/s1/i8D. The number of aliphatic hydroxyl groups excluding tert-OH is 3. The second-order valence-corrected chi connectivity index (χ2v) is 3.30. The number of anilines is 1. The summed E-state index contributed by atoms with van der Waals surface area (Å²) >= 11 is 0. The maximum Gasteiger partial charge on any atom is 0.165 e. The van der Waals surface area contributed by atoms with Crippen molar-refractivity contribution < 1.29 is 21.4 Å². The Morgan fingerprint density at radius 3 is 2.80 bits per heavy atom. The summed E-state index contributed by atoms with van der Waals surface area (Å²) in [5.41, 5.74) is 5.55. The smallest absolute Gasteiger partial charge is 0.165 e. The molecular formula is C8H13N3O4. The van der Waals surface area contributed by atoms with Gasteiger partial charge in [-0.2, -0.15) is 0 Å². The Balaban J connectivity index is 2.37. The summed E-state index contributed by atoms with van der Waals surface area (Å²) in [4.78, 5) is 3.70. The number of aliphatic hydroxyl groups is 3. The monoisotopic (exact) mass is 216 g/mol. The lowest BCUT2D eigenvalue weighted by Gasteiger charge is -2.16. The van der Waals surface area contributed by atoms with E-state index in [9.17, 15) is 10.2 Å². The van der Waals surface area contributed by atoms with Crippen LogP contribution in [0.3, 0.4) is 0 Å². The molecule has 0 bridgehead atoms. The lowest BCUT2D eigenvalue weighted by atomic mass is 10.1. The van der Waals surface area contributed by atoms with E-state index in [1.54, 1.807) is 0 Å². The third kappa shape index (κ3) is 1.59. The van der Waals surface area contributed by atoms with Crippen molar-refractivity contribution in [2.24, 2.45) is 0 Å². The molecule has 1 aromatic rings. The first-order valence-corrected chi connectivity index (χ1v) is 4.44. The van der Waals surface area contributed by atoms with Crippen LogP contribution in [-0.2, 0) is 4.74 Å². The van der Waals surface area contributed by atoms with Crippen LogP contribution in [0, 0.1) is 0 Å². The van der Waals surface area contributed by atoms with Crippen molar-refractivity contribution in [2.45, 2.75) is 24.5 Å². The number of ether oxygens (including phenoxy) is 1. The number of nitrogen functional groups attached to an aromatic ring is 1. The first-order chi connectivity index (χ1) is 7.50. The van der Waals surface area contributed by atoms with Crippen molar-refractivity contribution in [1.82, 2.24) is 9.55 Å². The number of aromatic nitrogens is 2. The van der Waals surface area contributed by atoms with Crippen molar-refractivity contribution >= 4 is 5.82 Å². The zero-order valence-electron chi connectivity index (χ0n) is 8.82. The van der Waals surface area contributed by atoms with Gasteiger partial charge in [0.2, 0.25) is 0 Å². The predicted molar refractivity (Wildman–Crippen MR) is 49.6 cm³/mol. The minimum atomic E-state index is -1.96. The van der Waals surface area contributed by atoms with Crippen molar-refractivity contribution in [1.29, 1.82) is 0 Å². The van der Waals surface area contributed by atoms with Crippen LogP contribution in [0.15, 0.2) is 12.5 Å². The lowest BCUT2D eigenvalue weighted by Crippen LogP contribution is -2.33. The second-order valence-electron chi connectivity index (χ2n) is 3.30. The van der Waals surface area contributed by atoms with E-state index in [0.717, 1.165) is 4.57 Å². The SMILES string of the molecule is [2H][C@@]1(n2cncc2N)O[C@H](CO)[C@@H](O)[C@H]1O. The molecule has 1 aliphatic rings. The van der Waals surface area contributed by atoms with Crippen LogP contribution in [0.1, 0.15) is 7.57 Å². The summed E-state index contributed by atoms with van der Waals surface area (Å²) in [6.45, 7) is -0.493. The Hall–Kier alpha value is -1.15. The highest BCUT2D eigenvalue weighted by Gasteiger charge is 2.43. The number of nitrogens with two attached hydrogens (primary N) is 1. The van der Waals surface area contributed by atoms with Crippen molar-refractivity contribution in [3.8, 4) is 0 Å². The molecule has 7 heteroatoms. The predicted octanol–water partition coefficient (Wildman–Crippen LogP) is -1.92. The van der Waals surface area contributed by atoms with E-state index in [1.807, 2.05) is 0 Å². The van der Waals surface area contributed by atoms with Gasteiger partial charge in [-0.25, -0.2) is 4.98 Å². The fourth-order valence-electron chi connectivity index (χ4n) is 1.48. The van der Waals surface area contributed by atoms with Crippen LogP contribution in [-0.4, -0.2) is 49.8 Å². The average molecular weight is 216 g/mol. The van der Waals surface area contributed by atoms with E-state index in [4.69, 9.17) is 16.9 Å². The van der Waals surface area contributed by atoms with Gasteiger partial charge in [0.25, 0.3) is 0 Å². The molecule has 1 aliphatic heterocycles. The molecule has 0 amide bonds. The van der Waals surface area contributed by atoms with Crippen LogP contribution in [0.4, 0.5) is 5.82 Å². The van der Waals surface area contributed by atoms with Crippen molar-refractivity contribution in [2.75, 3.05) is 12.3 Å². The molecule has 0 saturated carbocycles. The van der Waals surface area contributed by atoms with Crippen molar-refractivity contribution in [3.05, 3.63) is 12.5 Å². The first kappa shape index (κ1) is 9.10. The third-order valence-electron chi connectivity index (χ3n) is 2.31. The number of imidazole rings is 1. The number of hydrogen-bond acceptors (Lipinski definition) is 6. The van der Waals surface area contributed by atoms with E-state index in [1.165, 1.54) is 12.5 Å². The van der Waals surface area contributed by atoms with E-state index < -0.39 is 31.1 Å². The summed E-state index contributed by atoms with van der Waals surface area (Å²) in [5.74, 6) is 0.125. The normalized spacial score (nSPS) is 41.8. The van der Waals surface area contributed by atoms with Crippen LogP contribution in [0.2, 0.25) is 0 Å². The minimum absolute atomic E-state index is 0.125. The van der Waals surface area contributed by atoms with Gasteiger partial charge in [-0.15, -0.1) is 0 Å². The number of rotatable bonds is 2. The molecule has 84 valence electrons. The van der Waals surface area contributed by atoms with E-state index >= 15 is 0 Å². The van der Waals surface area contributed by atoms with Gasteiger partial charge in [0, 0.05) is 0 Å². The highest BCUT2D eigenvalue weighted by Crippen LogP contribution is 2.30. The number of hydrogen-bond donors (Lipinski definition) is 4. The molecule has 15 heavy (non-hydrogen) atoms. The van der Waals surface area contributed by atoms with E-state index in [-0.39, 0.29) is 5.82 Å². The van der Waals surface area contributed by atoms with Crippen LogP contribution in [0.25, 0.3) is 0 Å². The van der Waals surface area contributed by atoms with Crippen molar-refractivity contribution in [3.63, 3.8) is 0 Å². The van der Waals surface area contributed by atoms with E-state index in [0.29, 0.717) is 0 Å². The molecule has 1 saturated heterocycles. The largest absolute Gasteiger partial charge is 0.394 e. The van der Waals surface area contributed by atoms with Gasteiger partial charge < -0.3 is 25.8 Å². The highest BCUT2D eigenvalue weighted by molar-refractivity contribution is 5.25. The zero-order valence-corrected chi connectivity index (χ0v) is 7.82. The van der Waals surface area contributed by atoms with Gasteiger partial charge in [0.05, 0.1) is 20.5 Å². The topological polar surface area (TPSA) is 114 Å². The fourth-order valence-corrected chi connectivity index (χ4v) is 1.48. The van der Waals surface area contributed by atoms with Gasteiger partial charge in [-0.1, -0.05) is 0 Å². The Kier molecular flexibility index (Phi) is 2.29. The summed E-state index contributed by atoms with van der Waals surface area (Å²) in [6.07, 6.45) is -3.32. The maximum atomic E-state index is 9.74. The fraction of sp³-hybridized carbons (Fsp3) is 0.625. The van der Waals surface area contributed by atoms with Gasteiger partial charge in [0.15, 0.2) is 6.20 Å². The molecule has 0 radical (unpaired) electrons.